The van der Waals surface area contributed by atoms with E-state index in [4.69, 9.17) is 10.00 Å². The van der Waals surface area contributed by atoms with Gasteiger partial charge in [0.1, 0.15) is 11.8 Å². The van der Waals surface area contributed by atoms with Crippen molar-refractivity contribution in [2.45, 2.75) is 51.1 Å². The van der Waals surface area contributed by atoms with E-state index in [2.05, 4.69) is 18.0 Å². The van der Waals surface area contributed by atoms with Gasteiger partial charge in [-0.2, -0.15) is 5.26 Å². The van der Waals surface area contributed by atoms with Crippen molar-refractivity contribution in [2.24, 2.45) is 0 Å². The SMILES string of the molecule is COc1cc(CN(C)C2CCCCCC2)ccc1C#N. The second-order valence-electron chi connectivity index (χ2n) is 5.71. The summed E-state index contributed by atoms with van der Waals surface area (Å²) < 4.78 is 5.28. The van der Waals surface area contributed by atoms with Gasteiger partial charge >= 0.3 is 0 Å². The molecule has 0 aliphatic heterocycles. The Morgan fingerprint density at radius 2 is 1.95 bits per heavy atom. The highest BCUT2D eigenvalue weighted by Gasteiger charge is 2.17. The predicted molar refractivity (Wildman–Crippen MR) is 80.7 cm³/mol. The highest BCUT2D eigenvalue weighted by atomic mass is 16.5. The van der Waals surface area contributed by atoms with Crippen LogP contribution in [-0.4, -0.2) is 25.1 Å². The molecule has 2 rings (SSSR count). The Bertz CT molecular complexity index is 470. The number of nitrogens with zero attached hydrogens (tertiary/aromatic N) is 2. The van der Waals surface area contributed by atoms with E-state index in [1.165, 1.54) is 44.1 Å². The van der Waals surface area contributed by atoms with Crippen molar-refractivity contribution in [3.05, 3.63) is 29.3 Å². The van der Waals surface area contributed by atoms with Gasteiger partial charge in [-0.05, 0) is 37.6 Å². The van der Waals surface area contributed by atoms with E-state index >= 15 is 0 Å². The molecular weight excluding hydrogens is 248 g/mol. The number of nitriles is 1. The zero-order valence-corrected chi connectivity index (χ0v) is 12.6. The maximum absolute atomic E-state index is 9.02. The lowest BCUT2D eigenvalue weighted by Crippen LogP contribution is -2.30. The largest absolute Gasteiger partial charge is 0.495 e. The standard InChI is InChI=1S/C17H24N2O/c1-19(16-7-5-3-4-6-8-16)13-14-9-10-15(12-18)17(11-14)20-2/h9-11,16H,3-8,13H2,1-2H3. The summed E-state index contributed by atoms with van der Waals surface area (Å²) in [5.74, 6) is 0.680. The molecule has 1 aromatic rings. The van der Waals surface area contributed by atoms with Crippen LogP contribution in [0.4, 0.5) is 0 Å². The molecule has 1 saturated carbocycles. The smallest absolute Gasteiger partial charge is 0.136 e. The highest BCUT2D eigenvalue weighted by molar-refractivity contribution is 5.45. The van der Waals surface area contributed by atoms with Crippen LogP contribution in [-0.2, 0) is 6.54 Å². The van der Waals surface area contributed by atoms with E-state index in [0.29, 0.717) is 17.4 Å². The summed E-state index contributed by atoms with van der Waals surface area (Å²) in [4.78, 5) is 2.45. The van der Waals surface area contributed by atoms with Crippen LogP contribution in [0.5, 0.6) is 5.75 Å². The first-order chi connectivity index (χ1) is 9.74. The molecule has 1 aliphatic carbocycles. The lowest BCUT2D eigenvalue weighted by atomic mass is 10.1. The second kappa shape index (κ2) is 7.31. The van der Waals surface area contributed by atoms with E-state index < -0.39 is 0 Å². The minimum absolute atomic E-state index is 0.605. The Morgan fingerprint density at radius 3 is 2.55 bits per heavy atom. The third-order valence-corrected chi connectivity index (χ3v) is 4.27. The summed E-state index contributed by atoms with van der Waals surface area (Å²) in [6, 6.07) is 8.74. The lowest BCUT2D eigenvalue weighted by molar-refractivity contribution is 0.213. The van der Waals surface area contributed by atoms with Crippen molar-refractivity contribution in [1.29, 1.82) is 5.26 Å². The molecule has 0 aromatic heterocycles. The minimum Gasteiger partial charge on any atom is -0.495 e. The quantitative estimate of drug-likeness (QED) is 0.784. The third-order valence-electron chi connectivity index (χ3n) is 4.27. The van der Waals surface area contributed by atoms with Gasteiger partial charge in [-0.3, -0.25) is 4.90 Å². The zero-order valence-electron chi connectivity index (χ0n) is 12.6. The van der Waals surface area contributed by atoms with Gasteiger partial charge < -0.3 is 4.74 Å². The number of benzene rings is 1. The monoisotopic (exact) mass is 272 g/mol. The predicted octanol–water partition coefficient (Wildman–Crippen LogP) is 3.72. The Hall–Kier alpha value is -1.53. The number of ether oxygens (including phenoxy) is 1. The summed E-state index contributed by atoms with van der Waals surface area (Å²) in [5, 5.41) is 9.02. The molecule has 0 atom stereocenters. The van der Waals surface area contributed by atoms with Crippen molar-refractivity contribution in [1.82, 2.24) is 4.90 Å². The van der Waals surface area contributed by atoms with Crippen LogP contribution in [0, 0.1) is 11.3 Å². The molecule has 0 N–H and O–H groups in total. The summed E-state index contributed by atoms with van der Waals surface area (Å²) in [5.41, 5.74) is 1.82. The van der Waals surface area contributed by atoms with Crippen LogP contribution in [0.1, 0.15) is 49.7 Å². The number of hydrogen-bond acceptors (Lipinski definition) is 3. The van der Waals surface area contributed by atoms with Crippen LogP contribution in [0.15, 0.2) is 18.2 Å². The average molecular weight is 272 g/mol. The topological polar surface area (TPSA) is 36.3 Å². The van der Waals surface area contributed by atoms with Gasteiger partial charge in [-0.1, -0.05) is 31.7 Å². The van der Waals surface area contributed by atoms with Gasteiger partial charge in [0.25, 0.3) is 0 Å². The number of methoxy groups -OCH3 is 1. The first-order valence-electron chi connectivity index (χ1n) is 7.52. The molecule has 0 spiro atoms. The van der Waals surface area contributed by atoms with Crippen molar-refractivity contribution < 1.29 is 4.74 Å². The molecule has 0 saturated heterocycles. The first kappa shape index (κ1) is 14.9. The summed E-state index contributed by atoms with van der Waals surface area (Å²) in [6.45, 7) is 0.923. The van der Waals surface area contributed by atoms with Crippen molar-refractivity contribution in [3.8, 4) is 11.8 Å². The van der Waals surface area contributed by atoms with Crippen LogP contribution in [0.25, 0.3) is 0 Å². The Morgan fingerprint density at radius 1 is 1.25 bits per heavy atom. The lowest BCUT2D eigenvalue weighted by Gasteiger charge is -2.27. The molecule has 3 heteroatoms. The second-order valence-corrected chi connectivity index (χ2v) is 5.71. The van der Waals surface area contributed by atoms with Crippen molar-refractivity contribution in [3.63, 3.8) is 0 Å². The third kappa shape index (κ3) is 3.74. The molecule has 1 aliphatic rings. The highest BCUT2D eigenvalue weighted by Crippen LogP contribution is 2.24. The molecule has 0 bridgehead atoms. The fourth-order valence-corrected chi connectivity index (χ4v) is 3.04. The molecule has 0 unspecified atom stereocenters. The fraction of sp³-hybridized carbons (Fsp3) is 0.588. The van der Waals surface area contributed by atoms with Gasteiger partial charge in [-0.25, -0.2) is 0 Å². The minimum atomic E-state index is 0.605. The molecule has 0 amide bonds. The Balaban J connectivity index is 2.03. The number of hydrogen-bond donors (Lipinski definition) is 0. The molecule has 3 nitrogen and oxygen atoms in total. The van der Waals surface area contributed by atoms with E-state index in [0.717, 1.165) is 6.54 Å². The average Bonchev–Trinajstić information content (AvgIpc) is 2.76. The van der Waals surface area contributed by atoms with Crippen molar-refractivity contribution in [2.75, 3.05) is 14.2 Å². The van der Waals surface area contributed by atoms with Gasteiger partial charge in [0.15, 0.2) is 0 Å². The van der Waals surface area contributed by atoms with Gasteiger partial charge in [0.2, 0.25) is 0 Å². The molecule has 1 fully saturated rings. The molecular formula is C17H24N2O. The molecule has 0 heterocycles. The Kier molecular flexibility index (Phi) is 5.43. The van der Waals surface area contributed by atoms with Crippen LogP contribution >= 0.6 is 0 Å². The maximum atomic E-state index is 9.02. The van der Waals surface area contributed by atoms with Gasteiger partial charge in [-0.15, -0.1) is 0 Å². The van der Waals surface area contributed by atoms with Gasteiger partial charge in [0, 0.05) is 12.6 Å². The normalized spacial score (nSPS) is 16.7. The first-order valence-corrected chi connectivity index (χ1v) is 7.52. The molecule has 0 radical (unpaired) electrons. The molecule has 1 aromatic carbocycles. The van der Waals surface area contributed by atoms with Gasteiger partial charge in [0.05, 0.1) is 12.7 Å². The maximum Gasteiger partial charge on any atom is 0.136 e. The van der Waals surface area contributed by atoms with E-state index in [-0.39, 0.29) is 0 Å². The van der Waals surface area contributed by atoms with Crippen molar-refractivity contribution >= 4 is 0 Å². The number of rotatable bonds is 4. The van der Waals surface area contributed by atoms with E-state index in [9.17, 15) is 0 Å². The van der Waals surface area contributed by atoms with E-state index in [1.54, 1.807) is 7.11 Å². The van der Waals surface area contributed by atoms with E-state index in [1.807, 2.05) is 18.2 Å². The Labute approximate surface area is 122 Å². The zero-order chi connectivity index (χ0) is 14.4. The summed E-state index contributed by atoms with van der Waals surface area (Å²) in [6.07, 6.45) is 8.09. The fourth-order valence-electron chi connectivity index (χ4n) is 3.04. The van der Waals surface area contributed by atoms with Crippen LogP contribution in [0.2, 0.25) is 0 Å². The van der Waals surface area contributed by atoms with Crippen LogP contribution in [0.3, 0.4) is 0 Å². The summed E-state index contributed by atoms with van der Waals surface area (Å²) >= 11 is 0. The summed E-state index contributed by atoms with van der Waals surface area (Å²) in [7, 11) is 3.83. The molecule has 108 valence electrons. The molecule has 20 heavy (non-hydrogen) atoms. The van der Waals surface area contributed by atoms with Crippen LogP contribution < -0.4 is 4.74 Å².